The Morgan fingerprint density at radius 3 is 2.93 bits per heavy atom. The van der Waals surface area contributed by atoms with Crippen molar-refractivity contribution < 1.29 is 9.53 Å². The topological polar surface area (TPSA) is 50.7 Å². The van der Waals surface area contributed by atoms with Gasteiger partial charge in [-0.1, -0.05) is 18.2 Å². The van der Waals surface area contributed by atoms with Crippen molar-refractivity contribution in [3.8, 4) is 5.75 Å². The molecular weight excluding hydrogens is 192 g/mol. The Morgan fingerprint density at radius 2 is 2.27 bits per heavy atom. The van der Waals surface area contributed by atoms with Gasteiger partial charge in [-0.15, -0.1) is 0 Å². The van der Waals surface area contributed by atoms with Gasteiger partial charge in [0.2, 0.25) is 0 Å². The van der Waals surface area contributed by atoms with Gasteiger partial charge in [0.1, 0.15) is 5.75 Å². The van der Waals surface area contributed by atoms with Crippen LogP contribution in [-0.2, 0) is 4.79 Å². The molecule has 15 heavy (non-hydrogen) atoms. The van der Waals surface area contributed by atoms with E-state index in [-0.39, 0.29) is 12.5 Å². The van der Waals surface area contributed by atoms with E-state index in [4.69, 9.17) is 4.74 Å². The summed E-state index contributed by atoms with van der Waals surface area (Å²) < 4.78 is 5.31. The molecule has 0 aliphatic heterocycles. The van der Waals surface area contributed by atoms with Crippen molar-refractivity contribution in [2.45, 2.75) is 13.8 Å². The second-order valence-corrected chi connectivity index (χ2v) is 2.98. The molecule has 0 saturated heterocycles. The van der Waals surface area contributed by atoms with Gasteiger partial charge in [0.05, 0.1) is 0 Å². The molecule has 0 spiro atoms. The van der Waals surface area contributed by atoms with E-state index < -0.39 is 0 Å². The number of nitrogens with zero attached hydrogens (tertiary/aromatic N) is 1. The van der Waals surface area contributed by atoms with Crippen LogP contribution in [0.2, 0.25) is 0 Å². The fourth-order valence-corrected chi connectivity index (χ4v) is 1.03. The van der Waals surface area contributed by atoms with Crippen LogP contribution in [-0.4, -0.2) is 18.7 Å². The molecule has 1 aromatic rings. The van der Waals surface area contributed by atoms with Crippen LogP contribution >= 0.6 is 0 Å². The first-order valence-corrected chi connectivity index (χ1v) is 4.69. The van der Waals surface area contributed by atoms with Gasteiger partial charge < -0.3 is 4.74 Å². The molecule has 0 bridgehead atoms. The van der Waals surface area contributed by atoms with Gasteiger partial charge in [-0.05, 0) is 25.5 Å². The standard InChI is InChI=1S/C11H14N2O2/c1-3-12-13-11(14)8-15-10-7-5-4-6-9(10)2/h3-7H,8H2,1-2H3,(H,13,14). The van der Waals surface area contributed by atoms with Crippen molar-refractivity contribution in [3.05, 3.63) is 29.8 Å². The van der Waals surface area contributed by atoms with E-state index >= 15 is 0 Å². The second-order valence-electron chi connectivity index (χ2n) is 2.98. The molecule has 0 fully saturated rings. The summed E-state index contributed by atoms with van der Waals surface area (Å²) in [6.45, 7) is 3.63. The minimum atomic E-state index is -0.267. The van der Waals surface area contributed by atoms with E-state index in [0.717, 1.165) is 5.56 Å². The van der Waals surface area contributed by atoms with Crippen molar-refractivity contribution in [1.29, 1.82) is 0 Å². The highest BCUT2D eigenvalue weighted by Gasteiger charge is 2.02. The van der Waals surface area contributed by atoms with Crippen LogP contribution in [0, 0.1) is 6.92 Å². The Labute approximate surface area is 88.9 Å². The molecule has 4 nitrogen and oxygen atoms in total. The summed E-state index contributed by atoms with van der Waals surface area (Å²) in [7, 11) is 0. The predicted octanol–water partition coefficient (Wildman–Crippen LogP) is 1.50. The van der Waals surface area contributed by atoms with Crippen LogP contribution in [0.5, 0.6) is 5.75 Å². The van der Waals surface area contributed by atoms with Gasteiger partial charge in [0, 0.05) is 6.21 Å². The number of benzene rings is 1. The zero-order chi connectivity index (χ0) is 11.1. The summed E-state index contributed by atoms with van der Waals surface area (Å²) in [6, 6.07) is 7.54. The highest BCUT2D eigenvalue weighted by Crippen LogP contribution is 2.15. The Kier molecular flexibility index (Phi) is 4.34. The van der Waals surface area contributed by atoms with E-state index in [1.54, 1.807) is 6.92 Å². The fraction of sp³-hybridized carbons (Fsp3) is 0.273. The van der Waals surface area contributed by atoms with Gasteiger partial charge in [-0.3, -0.25) is 4.79 Å². The van der Waals surface area contributed by atoms with Crippen molar-refractivity contribution >= 4 is 12.1 Å². The van der Waals surface area contributed by atoms with Crippen molar-refractivity contribution in [2.75, 3.05) is 6.61 Å². The molecular formula is C11H14N2O2. The van der Waals surface area contributed by atoms with E-state index in [1.165, 1.54) is 6.21 Å². The molecule has 0 aliphatic rings. The maximum Gasteiger partial charge on any atom is 0.277 e. The van der Waals surface area contributed by atoms with Crippen LogP contribution in [0.15, 0.2) is 29.4 Å². The largest absolute Gasteiger partial charge is 0.483 e. The average Bonchev–Trinajstić information content (AvgIpc) is 2.25. The number of amides is 1. The molecule has 0 aliphatic carbocycles. The molecule has 80 valence electrons. The van der Waals surface area contributed by atoms with Gasteiger partial charge in [-0.2, -0.15) is 5.10 Å². The van der Waals surface area contributed by atoms with Crippen molar-refractivity contribution in [3.63, 3.8) is 0 Å². The fourth-order valence-electron chi connectivity index (χ4n) is 1.03. The maximum absolute atomic E-state index is 11.1. The number of hydrazone groups is 1. The lowest BCUT2D eigenvalue weighted by Crippen LogP contribution is -2.24. The zero-order valence-electron chi connectivity index (χ0n) is 8.86. The molecule has 4 heteroatoms. The van der Waals surface area contributed by atoms with E-state index in [1.807, 2.05) is 31.2 Å². The Hall–Kier alpha value is -1.84. The monoisotopic (exact) mass is 206 g/mol. The zero-order valence-corrected chi connectivity index (χ0v) is 8.86. The van der Waals surface area contributed by atoms with Crippen LogP contribution < -0.4 is 10.2 Å². The van der Waals surface area contributed by atoms with E-state index in [2.05, 4.69) is 10.5 Å². The molecule has 0 heterocycles. The number of hydrogen-bond acceptors (Lipinski definition) is 3. The Morgan fingerprint density at radius 1 is 1.53 bits per heavy atom. The number of ether oxygens (including phenoxy) is 1. The highest BCUT2D eigenvalue weighted by atomic mass is 16.5. The molecule has 0 unspecified atom stereocenters. The molecule has 1 amide bonds. The maximum atomic E-state index is 11.1. The summed E-state index contributed by atoms with van der Waals surface area (Å²) in [4.78, 5) is 11.1. The lowest BCUT2D eigenvalue weighted by atomic mass is 10.2. The smallest absolute Gasteiger partial charge is 0.277 e. The first kappa shape index (κ1) is 11.2. The van der Waals surface area contributed by atoms with Crippen LogP contribution in [0.1, 0.15) is 12.5 Å². The predicted molar refractivity (Wildman–Crippen MR) is 59.0 cm³/mol. The number of hydrogen-bond donors (Lipinski definition) is 1. The summed E-state index contributed by atoms with van der Waals surface area (Å²) in [5, 5.41) is 3.60. The van der Waals surface area contributed by atoms with Crippen LogP contribution in [0.3, 0.4) is 0 Å². The van der Waals surface area contributed by atoms with E-state index in [0.29, 0.717) is 5.75 Å². The minimum Gasteiger partial charge on any atom is -0.483 e. The third-order valence-electron chi connectivity index (χ3n) is 1.77. The lowest BCUT2D eigenvalue weighted by Gasteiger charge is -2.07. The van der Waals surface area contributed by atoms with Crippen LogP contribution in [0.25, 0.3) is 0 Å². The SMILES string of the molecule is CC=NNC(=O)COc1ccccc1C. The quantitative estimate of drug-likeness (QED) is 0.599. The Bertz CT molecular complexity index is 361. The third kappa shape index (κ3) is 3.81. The molecule has 1 N–H and O–H groups in total. The van der Waals surface area contributed by atoms with Crippen molar-refractivity contribution in [1.82, 2.24) is 5.43 Å². The number of rotatable bonds is 4. The van der Waals surface area contributed by atoms with Gasteiger partial charge in [0.15, 0.2) is 6.61 Å². The molecule has 0 radical (unpaired) electrons. The van der Waals surface area contributed by atoms with Gasteiger partial charge >= 0.3 is 0 Å². The molecule has 0 atom stereocenters. The number of nitrogens with one attached hydrogen (secondary N) is 1. The lowest BCUT2D eigenvalue weighted by molar-refractivity contribution is -0.123. The number of carbonyl (C=O) groups excluding carboxylic acids is 1. The minimum absolute atomic E-state index is 0.0256. The van der Waals surface area contributed by atoms with Gasteiger partial charge in [0.25, 0.3) is 5.91 Å². The number of aryl methyl sites for hydroxylation is 1. The van der Waals surface area contributed by atoms with Crippen LogP contribution in [0.4, 0.5) is 0 Å². The van der Waals surface area contributed by atoms with Gasteiger partial charge in [-0.25, -0.2) is 5.43 Å². The first-order chi connectivity index (χ1) is 7.24. The number of carbonyl (C=O) groups is 1. The second kappa shape index (κ2) is 5.80. The first-order valence-electron chi connectivity index (χ1n) is 4.69. The van der Waals surface area contributed by atoms with Crippen molar-refractivity contribution in [2.24, 2.45) is 5.10 Å². The Balaban J connectivity index is 2.44. The normalized spacial score (nSPS) is 10.3. The summed E-state index contributed by atoms with van der Waals surface area (Å²) >= 11 is 0. The summed E-state index contributed by atoms with van der Waals surface area (Å²) in [6.07, 6.45) is 1.51. The summed E-state index contributed by atoms with van der Waals surface area (Å²) in [5.74, 6) is 0.449. The molecule has 1 aromatic carbocycles. The summed E-state index contributed by atoms with van der Waals surface area (Å²) in [5.41, 5.74) is 3.33. The molecule has 0 aromatic heterocycles. The molecule has 1 rings (SSSR count). The molecule has 0 saturated carbocycles. The third-order valence-corrected chi connectivity index (χ3v) is 1.77. The number of para-hydroxylation sites is 1. The van der Waals surface area contributed by atoms with E-state index in [9.17, 15) is 4.79 Å². The highest BCUT2D eigenvalue weighted by molar-refractivity contribution is 5.78. The average molecular weight is 206 g/mol.